The molecule has 1 atom stereocenters. The summed E-state index contributed by atoms with van der Waals surface area (Å²) < 4.78 is 0. The molecule has 0 radical (unpaired) electrons. The molecule has 1 unspecified atom stereocenters. The molecule has 5 N–H and O–H groups in total. The maximum atomic E-state index is 11.1. The van der Waals surface area contributed by atoms with Crippen molar-refractivity contribution >= 4 is 11.9 Å². The van der Waals surface area contributed by atoms with E-state index in [1.165, 1.54) is 83.5 Å². The van der Waals surface area contributed by atoms with Gasteiger partial charge < -0.3 is 16.6 Å². The minimum absolute atomic E-state index is 0.0345. The number of hydrogen-bond donors (Lipinski definition) is 3. The van der Waals surface area contributed by atoms with E-state index in [2.05, 4.69) is 11.9 Å². The standard InChI is InChI=1S/C21H43N3O2/c1-2-3-4-5-6-7-8-9-10-11-12-13-14-15-16-17-19(20(25)26)18-24-21(22)23/h19H,2-18H2,1H3,(H,25,26)(H4,22,23,24). The van der Waals surface area contributed by atoms with Crippen LogP contribution in [0.2, 0.25) is 0 Å². The third-order valence-electron chi connectivity index (χ3n) is 5.00. The number of hydrogen-bond acceptors (Lipinski definition) is 2. The van der Waals surface area contributed by atoms with Gasteiger partial charge in [-0.05, 0) is 6.42 Å². The van der Waals surface area contributed by atoms with E-state index in [-0.39, 0.29) is 12.5 Å². The number of rotatable bonds is 19. The van der Waals surface area contributed by atoms with E-state index in [1.54, 1.807) is 0 Å². The van der Waals surface area contributed by atoms with Crippen molar-refractivity contribution in [3.05, 3.63) is 0 Å². The number of aliphatic imine (C=N–C) groups is 1. The zero-order chi connectivity index (χ0) is 19.5. The molecule has 0 aromatic carbocycles. The lowest BCUT2D eigenvalue weighted by Crippen LogP contribution is -2.25. The van der Waals surface area contributed by atoms with Gasteiger partial charge in [0.25, 0.3) is 0 Å². The average molecular weight is 370 g/mol. The highest BCUT2D eigenvalue weighted by Gasteiger charge is 2.16. The second-order valence-electron chi connectivity index (χ2n) is 7.54. The molecule has 0 fully saturated rings. The number of carboxylic acid groups (broad SMARTS) is 1. The fourth-order valence-corrected chi connectivity index (χ4v) is 3.27. The number of unbranched alkanes of at least 4 members (excludes halogenated alkanes) is 14. The quantitative estimate of drug-likeness (QED) is 0.165. The first-order chi connectivity index (χ1) is 12.6. The molecule has 0 bridgehead atoms. The predicted octanol–water partition coefficient (Wildman–Crippen LogP) is 5.22. The minimum Gasteiger partial charge on any atom is -0.481 e. The Morgan fingerprint density at radius 1 is 0.769 bits per heavy atom. The fraction of sp³-hybridized carbons (Fsp3) is 0.905. The first-order valence-corrected chi connectivity index (χ1v) is 10.9. The number of nitrogens with zero attached hydrogens (tertiary/aromatic N) is 1. The van der Waals surface area contributed by atoms with Gasteiger partial charge in [0.2, 0.25) is 0 Å². The number of aliphatic carboxylic acids is 1. The SMILES string of the molecule is CCCCCCCCCCCCCCCCCC(CN=C(N)N)C(=O)O. The van der Waals surface area contributed by atoms with Gasteiger partial charge in [-0.25, -0.2) is 0 Å². The Hall–Kier alpha value is -1.26. The Kier molecular flexibility index (Phi) is 17.6. The summed E-state index contributed by atoms with van der Waals surface area (Å²) in [5.41, 5.74) is 10.5. The molecule has 0 rings (SSSR count). The Balaban J connectivity index is 3.34. The summed E-state index contributed by atoms with van der Waals surface area (Å²) >= 11 is 0. The summed E-state index contributed by atoms with van der Waals surface area (Å²) in [6, 6.07) is 0. The van der Waals surface area contributed by atoms with Crippen molar-refractivity contribution in [3.8, 4) is 0 Å². The summed E-state index contributed by atoms with van der Waals surface area (Å²) in [6.45, 7) is 2.46. The highest BCUT2D eigenvalue weighted by atomic mass is 16.4. The van der Waals surface area contributed by atoms with Crippen molar-refractivity contribution in [1.82, 2.24) is 0 Å². The van der Waals surface area contributed by atoms with Gasteiger partial charge in [0.05, 0.1) is 12.5 Å². The van der Waals surface area contributed by atoms with Crippen LogP contribution >= 0.6 is 0 Å². The van der Waals surface area contributed by atoms with E-state index in [4.69, 9.17) is 16.6 Å². The first-order valence-electron chi connectivity index (χ1n) is 10.9. The average Bonchev–Trinajstić information content (AvgIpc) is 2.60. The zero-order valence-corrected chi connectivity index (χ0v) is 17.1. The highest BCUT2D eigenvalue weighted by Crippen LogP contribution is 2.15. The Morgan fingerprint density at radius 2 is 1.15 bits per heavy atom. The molecule has 5 nitrogen and oxygen atoms in total. The van der Waals surface area contributed by atoms with Crippen LogP contribution in [0, 0.1) is 5.92 Å². The van der Waals surface area contributed by atoms with Crippen LogP contribution in [-0.4, -0.2) is 23.6 Å². The van der Waals surface area contributed by atoms with Crippen LogP contribution in [0.4, 0.5) is 0 Å². The smallest absolute Gasteiger partial charge is 0.308 e. The highest BCUT2D eigenvalue weighted by molar-refractivity contribution is 5.76. The van der Waals surface area contributed by atoms with E-state index in [1.807, 2.05) is 0 Å². The van der Waals surface area contributed by atoms with Crippen molar-refractivity contribution in [1.29, 1.82) is 0 Å². The topological polar surface area (TPSA) is 102 Å². The molecule has 154 valence electrons. The second kappa shape index (κ2) is 18.5. The molecule has 0 aromatic rings. The second-order valence-corrected chi connectivity index (χ2v) is 7.54. The van der Waals surface area contributed by atoms with Crippen molar-refractivity contribution in [2.24, 2.45) is 22.4 Å². The molecule has 0 heterocycles. The van der Waals surface area contributed by atoms with Gasteiger partial charge in [-0.3, -0.25) is 9.79 Å². The van der Waals surface area contributed by atoms with Gasteiger partial charge in [0, 0.05) is 0 Å². The maximum absolute atomic E-state index is 11.1. The first kappa shape index (κ1) is 24.7. The number of carbonyl (C=O) groups is 1. The van der Waals surface area contributed by atoms with Crippen molar-refractivity contribution in [3.63, 3.8) is 0 Å². The molecule has 26 heavy (non-hydrogen) atoms. The third kappa shape index (κ3) is 17.6. The van der Waals surface area contributed by atoms with Crippen LogP contribution in [0.25, 0.3) is 0 Å². The number of carboxylic acids is 1. The summed E-state index contributed by atoms with van der Waals surface area (Å²) in [7, 11) is 0. The largest absolute Gasteiger partial charge is 0.481 e. The molecule has 0 aliphatic carbocycles. The van der Waals surface area contributed by atoms with Crippen LogP contribution in [0.15, 0.2) is 4.99 Å². The lowest BCUT2D eigenvalue weighted by Gasteiger charge is -2.09. The monoisotopic (exact) mass is 369 g/mol. The van der Waals surface area contributed by atoms with Gasteiger partial charge in [-0.15, -0.1) is 0 Å². The molecule has 0 amide bonds. The summed E-state index contributed by atoms with van der Waals surface area (Å²) in [4.78, 5) is 15.0. The lowest BCUT2D eigenvalue weighted by molar-refractivity contribution is -0.141. The Labute approximate surface area is 161 Å². The molecule has 0 aliphatic heterocycles. The predicted molar refractivity (Wildman–Crippen MR) is 111 cm³/mol. The Morgan fingerprint density at radius 3 is 1.50 bits per heavy atom. The van der Waals surface area contributed by atoms with Crippen LogP contribution in [0.5, 0.6) is 0 Å². The van der Waals surface area contributed by atoms with E-state index < -0.39 is 11.9 Å². The minimum atomic E-state index is -0.805. The van der Waals surface area contributed by atoms with E-state index in [9.17, 15) is 4.79 Å². The summed E-state index contributed by atoms with van der Waals surface area (Å²) in [5.74, 6) is -1.30. The third-order valence-corrected chi connectivity index (χ3v) is 5.00. The summed E-state index contributed by atoms with van der Waals surface area (Å²) in [5, 5.41) is 9.15. The van der Waals surface area contributed by atoms with Gasteiger partial charge in [0.1, 0.15) is 0 Å². The fourth-order valence-electron chi connectivity index (χ4n) is 3.27. The molecule has 0 spiro atoms. The molecule has 0 aliphatic rings. The maximum Gasteiger partial charge on any atom is 0.308 e. The van der Waals surface area contributed by atoms with Crippen LogP contribution in [-0.2, 0) is 4.79 Å². The van der Waals surface area contributed by atoms with Crippen molar-refractivity contribution in [2.75, 3.05) is 6.54 Å². The zero-order valence-electron chi connectivity index (χ0n) is 17.1. The van der Waals surface area contributed by atoms with Crippen molar-refractivity contribution < 1.29 is 9.90 Å². The van der Waals surface area contributed by atoms with Gasteiger partial charge in [0.15, 0.2) is 5.96 Å². The Bertz CT molecular complexity index is 355. The summed E-state index contributed by atoms with van der Waals surface area (Å²) in [6.07, 6.45) is 20.4. The van der Waals surface area contributed by atoms with Crippen LogP contribution < -0.4 is 11.5 Å². The lowest BCUT2D eigenvalue weighted by atomic mass is 10.00. The van der Waals surface area contributed by atoms with Gasteiger partial charge >= 0.3 is 5.97 Å². The molecular weight excluding hydrogens is 326 g/mol. The van der Waals surface area contributed by atoms with Crippen LogP contribution in [0.3, 0.4) is 0 Å². The molecular formula is C21H43N3O2. The van der Waals surface area contributed by atoms with E-state index in [0.29, 0.717) is 6.42 Å². The molecule has 0 saturated carbocycles. The number of guanidine groups is 1. The van der Waals surface area contributed by atoms with Crippen LogP contribution in [0.1, 0.15) is 110 Å². The van der Waals surface area contributed by atoms with E-state index in [0.717, 1.165) is 12.8 Å². The molecule has 5 heteroatoms. The van der Waals surface area contributed by atoms with Gasteiger partial charge in [-0.2, -0.15) is 0 Å². The molecule has 0 aromatic heterocycles. The molecule has 0 saturated heterocycles. The van der Waals surface area contributed by atoms with E-state index >= 15 is 0 Å². The number of nitrogens with two attached hydrogens (primary N) is 2. The van der Waals surface area contributed by atoms with Gasteiger partial charge in [-0.1, -0.05) is 103 Å². The normalized spacial score (nSPS) is 12.0. The van der Waals surface area contributed by atoms with Crippen molar-refractivity contribution in [2.45, 2.75) is 110 Å².